The van der Waals surface area contributed by atoms with E-state index in [9.17, 15) is 14.4 Å². The summed E-state index contributed by atoms with van der Waals surface area (Å²) in [4.78, 5) is 35.9. The van der Waals surface area contributed by atoms with Crippen molar-refractivity contribution in [1.29, 1.82) is 0 Å². The molecule has 1 saturated heterocycles. The molecular formula is C9H15N3O4. The molecule has 1 fully saturated rings. The third-order valence-corrected chi connectivity index (χ3v) is 2.46. The van der Waals surface area contributed by atoms with Crippen LogP contribution in [0.25, 0.3) is 0 Å². The second-order valence-electron chi connectivity index (χ2n) is 3.61. The number of urea groups is 1. The van der Waals surface area contributed by atoms with E-state index >= 15 is 0 Å². The molecule has 0 saturated carbocycles. The van der Waals surface area contributed by atoms with Crippen molar-refractivity contribution < 1.29 is 19.5 Å². The minimum absolute atomic E-state index is 0.373. The lowest BCUT2D eigenvalue weighted by atomic mass is 10.3. The van der Waals surface area contributed by atoms with Gasteiger partial charge in [-0.1, -0.05) is 0 Å². The maximum Gasteiger partial charge on any atom is 0.327 e. The second kappa shape index (κ2) is 4.93. The fourth-order valence-corrected chi connectivity index (χ4v) is 1.61. The number of rotatable bonds is 5. The van der Waals surface area contributed by atoms with Crippen molar-refractivity contribution in [1.82, 2.24) is 9.80 Å². The Kier molecular flexibility index (Phi) is 3.83. The molecule has 1 atom stereocenters. The lowest BCUT2D eigenvalue weighted by Crippen LogP contribution is -2.37. The van der Waals surface area contributed by atoms with Gasteiger partial charge in [-0.25, -0.2) is 4.79 Å². The summed E-state index contributed by atoms with van der Waals surface area (Å²) in [6.45, 7) is 1.79. The Morgan fingerprint density at radius 3 is 2.62 bits per heavy atom. The first-order valence-corrected chi connectivity index (χ1v) is 5.03. The standard InChI is InChI=1S/C9H15N3O4/c1-6-8(15)12(5-7(13)14)9(16)11(6)4-2-3-10/h6H,2-5,10H2,1H3,(H,13,14). The van der Waals surface area contributed by atoms with Crippen molar-refractivity contribution in [2.45, 2.75) is 19.4 Å². The van der Waals surface area contributed by atoms with Crippen LogP contribution in [0.1, 0.15) is 13.3 Å². The molecule has 1 aliphatic rings. The van der Waals surface area contributed by atoms with Crippen LogP contribution >= 0.6 is 0 Å². The number of aliphatic carboxylic acids is 1. The van der Waals surface area contributed by atoms with Gasteiger partial charge in [0.25, 0.3) is 5.91 Å². The Balaban J connectivity index is 2.73. The van der Waals surface area contributed by atoms with Crippen LogP contribution in [0.5, 0.6) is 0 Å². The minimum atomic E-state index is -1.20. The van der Waals surface area contributed by atoms with Crippen LogP contribution in [0.3, 0.4) is 0 Å². The molecule has 3 N–H and O–H groups in total. The molecular weight excluding hydrogens is 214 g/mol. The van der Waals surface area contributed by atoms with Crippen LogP contribution in [-0.2, 0) is 9.59 Å². The average molecular weight is 229 g/mol. The van der Waals surface area contributed by atoms with Gasteiger partial charge in [0.2, 0.25) is 0 Å². The van der Waals surface area contributed by atoms with Crippen molar-refractivity contribution in [3.05, 3.63) is 0 Å². The molecule has 1 aliphatic heterocycles. The van der Waals surface area contributed by atoms with Crippen molar-refractivity contribution in [2.24, 2.45) is 5.73 Å². The van der Waals surface area contributed by atoms with Gasteiger partial charge in [-0.2, -0.15) is 0 Å². The van der Waals surface area contributed by atoms with Gasteiger partial charge in [-0.15, -0.1) is 0 Å². The van der Waals surface area contributed by atoms with Gasteiger partial charge >= 0.3 is 12.0 Å². The number of hydrogen-bond donors (Lipinski definition) is 2. The van der Waals surface area contributed by atoms with Crippen LogP contribution in [-0.4, -0.2) is 58.5 Å². The Morgan fingerprint density at radius 2 is 2.12 bits per heavy atom. The zero-order chi connectivity index (χ0) is 12.3. The zero-order valence-corrected chi connectivity index (χ0v) is 9.05. The number of carbonyl (C=O) groups is 3. The number of nitrogens with zero attached hydrogens (tertiary/aromatic N) is 2. The van der Waals surface area contributed by atoms with E-state index in [0.717, 1.165) is 4.90 Å². The monoisotopic (exact) mass is 229 g/mol. The third kappa shape index (κ3) is 2.30. The Morgan fingerprint density at radius 1 is 1.50 bits per heavy atom. The summed E-state index contributed by atoms with van der Waals surface area (Å²) >= 11 is 0. The van der Waals surface area contributed by atoms with Gasteiger partial charge in [0.05, 0.1) is 0 Å². The fourth-order valence-electron chi connectivity index (χ4n) is 1.61. The first-order chi connectivity index (χ1) is 7.49. The van der Waals surface area contributed by atoms with E-state index in [0.29, 0.717) is 19.5 Å². The van der Waals surface area contributed by atoms with Crippen LogP contribution in [0, 0.1) is 0 Å². The van der Waals surface area contributed by atoms with E-state index in [2.05, 4.69) is 0 Å². The Hall–Kier alpha value is -1.63. The number of nitrogens with two attached hydrogens (primary N) is 1. The van der Waals surface area contributed by atoms with Gasteiger partial charge in [-0.05, 0) is 19.9 Å². The summed E-state index contributed by atoms with van der Waals surface area (Å²) < 4.78 is 0. The van der Waals surface area contributed by atoms with Gasteiger partial charge in [0, 0.05) is 6.54 Å². The van der Waals surface area contributed by atoms with E-state index in [1.807, 2.05) is 0 Å². The molecule has 1 unspecified atom stereocenters. The van der Waals surface area contributed by atoms with Gasteiger partial charge < -0.3 is 15.7 Å². The summed E-state index contributed by atoms with van der Waals surface area (Å²) in [5.74, 6) is -1.67. The molecule has 0 aromatic heterocycles. The SMILES string of the molecule is CC1C(=O)N(CC(=O)O)C(=O)N1CCCN. The summed E-state index contributed by atoms with van der Waals surface area (Å²) in [7, 11) is 0. The maximum absolute atomic E-state index is 11.7. The molecule has 16 heavy (non-hydrogen) atoms. The molecule has 0 radical (unpaired) electrons. The first-order valence-electron chi connectivity index (χ1n) is 5.03. The number of amides is 3. The molecule has 7 heteroatoms. The number of hydrogen-bond acceptors (Lipinski definition) is 4. The van der Waals surface area contributed by atoms with Crippen LogP contribution in [0.2, 0.25) is 0 Å². The quantitative estimate of drug-likeness (QED) is 0.593. The van der Waals surface area contributed by atoms with E-state index < -0.39 is 30.5 Å². The van der Waals surface area contributed by atoms with Crippen molar-refractivity contribution >= 4 is 17.9 Å². The lowest BCUT2D eigenvalue weighted by Gasteiger charge is -2.18. The summed E-state index contributed by atoms with van der Waals surface area (Å²) in [5, 5.41) is 8.57. The maximum atomic E-state index is 11.7. The highest BCUT2D eigenvalue weighted by molar-refractivity contribution is 6.05. The van der Waals surface area contributed by atoms with Crippen molar-refractivity contribution in [2.75, 3.05) is 19.6 Å². The molecule has 0 aromatic carbocycles. The first kappa shape index (κ1) is 12.4. The van der Waals surface area contributed by atoms with E-state index in [-0.39, 0.29) is 0 Å². The number of carboxylic acids is 1. The predicted octanol–water partition coefficient (Wildman–Crippen LogP) is -0.927. The van der Waals surface area contributed by atoms with E-state index in [4.69, 9.17) is 10.8 Å². The fraction of sp³-hybridized carbons (Fsp3) is 0.667. The van der Waals surface area contributed by atoms with Gasteiger partial charge in [-0.3, -0.25) is 14.5 Å². The largest absolute Gasteiger partial charge is 0.480 e. The molecule has 3 amide bonds. The molecule has 1 rings (SSSR count). The highest BCUT2D eigenvalue weighted by Gasteiger charge is 2.42. The van der Waals surface area contributed by atoms with Crippen LogP contribution in [0.15, 0.2) is 0 Å². The molecule has 0 aromatic rings. The van der Waals surface area contributed by atoms with Crippen LogP contribution < -0.4 is 5.73 Å². The normalized spacial score (nSPS) is 20.8. The van der Waals surface area contributed by atoms with Gasteiger partial charge in [0.1, 0.15) is 12.6 Å². The molecule has 0 spiro atoms. The number of carboxylic acid groups (broad SMARTS) is 1. The van der Waals surface area contributed by atoms with Crippen LogP contribution in [0.4, 0.5) is 4.79 Å². The predicted molar refractivity (Wildman–Crippen MR) is 54.6 cm³/mol. The third-order valence-electron chi connectivity index (χ3n) is 2.46. The zero-order valence-electron chi connectivity index (χ0n) is 9.05. The second-order valence-corrected chi connectivity index (χ2v) is 3.61. The summed E-state index contributed by atoms with van der Waals surface area (Å²) in [6, 6.07) is -1.15. The summed E-state index contributed by atoms with van der Waals surface area (Å²) in [6.07, 6.45) is 0.588. The minimum Gasteiger partial charge on any atom is -0.480 e. The number of imide groups is 1. The van der Waals surface area contributed by atoms with E-state index in [1.54, 1.807) is 6.92 Å². The topological polar surface area (TPSA) is 104 Å². The Bertz CT molecular complexity index is 318. The lowest BCUT2D eigenvalue weighted by molar-refractivity contribution is -0.141. The smallest absolute Gasteiger partial charge is 0.327 e. The Labute approximate surface area is 92.8 Å². The van der Waals surface area contributed by atoms with Crippen molar-refractivity contribution in [3.8, 4) is 0 Å². The highest BCUT2D eigenvalue weighted by Crippen LogP contribution is 2.17. The molecule has 1 heterocycles. The molecule has 0 bridgehead atoms. The summed E-state index contributed by atoms with van der Waals surface area (Å²) in [5.41, 5.74) is 5.32. The van der Waals surface area contributed by atoms with E-state index in [1.165, 1.54) is 4.90 Å². The molecule has 90 valence electrons. The molecule has 7 nitrogen and oxygen atoms in total. The van der Waals surface area contributed by atoms with Crippen molar-refractivity contribution in [3.63, 3.8) is 0 Å². The van der Waals surface area contributed by atoms with Gasteiger partial charge in [0.15, 0.2) is 0 Å². The number of carbonyl (C=O) groups excluding carboxylic acids is 2. The molecule has 0 aliphatic carbocycles. The highest BCUT2D eigenvalue weighted by atomic mass is 16.4. The average Bonchev–Trinajstić information content (AvgIpc) is 2.41.